The number of nitrogens with zero attached hydrogens (tertiary/aromatic N) is 3. The smallest absolute Gasteiger partial charge is 0.155 e. The van der Waals surface area contributed by atoms with Crippen LogP contribution in [0.15, 0.2) is 18.3 Å². The molecule has 5 heteroatoms. The Morgan fingerprint density at radius 2 is 2.12 bits per heavy atom. The van der Waals surface area contributed by atoms with E-state index < -0.39 is 0 Å². The van der Waals surface area contributed by atoms with E-state index in [1.807, 2.05) is 26.0 Å². The third-order valence-electron chi connectivity index (χ3n) is 2.37. The molecule has 0 spiro atoms. The van der Waals surface area contributed by atoms with Crippen molar-refractivity contribution in [2.24, 2.45) is 0 Å². The van der Waals surface area contributed by atoms with Crippen LogP contribution in [0.4, 0.5) is 0 Å². The minimum absolute atomic E-state index is 0.358. The number of aryl methyl sites for hydroxylation is 2. The molecular weight excluding hydrogens is 245 g/mol. The summed E-state index contributed by atoms with van der Waals surface area (Å²) in [4.78, 5) is 4.23. The summed E-state index contributed by atoms with van der Waals surface area (Å²) in [6.45, 7) is 3.88. The molecule has 0 aromatic carbocycles. The molecule has 2 heterocycles. The van der Waals surface area contributed by atoms with Gasteiger partial charge in [0, 0.05) is 11.8 Å². The molecule has 0 atom stereocenters. The summed E-state index contributed by atoms with van der Waals surface area (Å²) in [7, 11) is 0. The van der Waals surface area contributed by atoms with Crippen molar-refractivity contribution in [3.8, 4) is 5.82 Å². The summed E-state index contributed by atoms with van der Waals surface area (Å²) in [6.07, 6.45) is 1.73. The van der Waals surface area contributed by atoms with Gasteiger partial charge in [0.15, 0.2) is 5.82 Å². The predicted molar refractivity (Wildman–Crippen MR) is 65.4 cm³/mol. The average molecular weight is 256 g/mol. The number of rotatable bonds is 2. The van der Waals surface area contributed by atoms with E-state index >= 15 is 0 Å². The van der Waals surface area contributed by atoms with Crippen molar-refractivity contribution in [3.63, 3.8) is 0 Å². The van der Waals surface area contributed by atoms with Crippen LogP contribution in [0.1, 0.15) is 16.8 Å². The van der Waals surface area contributed by atoms with Gasteiger partial charge in [0.25, 0.3) is 0 Å². The fourth-order valence-corrected chi connectivity index (χ4v) is 2.19. The zero-order valence-corrected chi connectivity index (χ0v) is 10.5. The Kier molecular flexibility index (Phi) is 3.17. The van der Waals surface area contributed by atoms with E-state index in [2.05, 4.69) is 10.1 Å². The predicted octanol–water partition coefficient (Wildman–Crippen LogP) is 3.28. The van der Waals surface area contributed by atoms with Crippen LogP contribution in [-0.2, 0) is 5.88 Å². The summed E-state index contributed by atoms with van der Waals surface area (Å²) in [5.41, 5.74) is 2.80. The third kappa shape index (κ3) is 1.93. The van der Waals surface area contributed by atoms with Crippen LogP contribution < -0.4 is 0 Å². The Morgan fingerprint density at radius 1 is 1.38 bits per heavy atom. The van der Waals surface area contributed by atoms with Crippen LogP contribution >= 0.6 is 23.2 Å². The lowest BCUT2D eigenvalue weighted by Crippen LogP contribution is -2.00. The molecule has 0 unspecified atom stereocenters. The molecule has 2 rings (SSSR count). The van der Waals surface area contributed by atoms with Gasteiger partial charge < -0.3 is 0 Å². The first kappa shape index (κ1) is 11.4. The third-order valence-corrected chi connectivity index (χ3v) is 3.03. The van der Waals surface area contributed by atoms with Crippen molar-refractivity contribution in [3.05, 3.63) is 40.3 Å². The van der Waals surface area contributed by atoms with E-state index in [0.717, 1.165) is 16.8 Å². The van der Waals surface area contributed by atoms with Crippen molar-refractivity contribution < 1.29 is 0 Å². The highest BCUT2D eigenvalue weighted by Gasteiger charge is 2.14. The topological polar surface area (TPSA) is 30.7 Å². The molecule has 0 fully saturated rings. The number of alkyl halides is 1. The van der Waals surface area contributed by atoms with Gasteiger partial charge in [-0.25, -0.2) is 9.67 Å². The quantitative estimate of drug-likeness (QED) is 0.772. The molecule has 0 aliphatic heterocycles. The second-order valence-corrected chi connectivity index (χ2v) is 4.22. The Morgan fingerprint density at radius 3 is 2.69 bits per heavy atom. The molecule has 84 valence electrons. The monoisotopic (exact) mass is 255 g/mol. The van der Waals surface area contributed by atoms with Crippen molar-refractivity contribution in [1.82, 2.24) is 14.8 Å². The highest BCUT2D eigenvalue weighted by molar-refractivity contribution is 6.31. The van der Waals surface area contributed by atoms with Crippen molar-refractivity contribution >= 4 is 23.2 Å². The van der Waals surface area contributed by atoms with Gasteiger partial charge in [-0.1, -0.05) is 11.6 Å². The SMILES string of the molecule is Cc1ccnc(-n2nc(C)c(CCl)c2Cl)c1. The van der Waals surface area contributed by atoms with Gasteiger partial charge in [-0.3, -0.25) is 0 Å². The summed E-state index contributed by atoms with van der Waals surface area (Å²) < 4.78 is 1.61. The van der Waals surface area contributed by atoms with Gasteiger partial charge >= 0.3 is 0 Å². The zero-order chi connectivity index (χ0) is 11.7. The highest BCUT2D eigenvalue weighted by Crippen LogP contribution is 2.24. The van der Waals surface area contributed by atoms with E-state index in [9.17, 15) is 0 Å². The van der Waals surface area contributed by atoms with Gasteiger partial charge in [-0.05, 0) is 31.5 Å². The molecule has 0 bridgehead atoms. The van der Waals surface area contributed by atoms with Crippen LogP contribution in [0, 0.1) is 13.8 Å². The number of pyridine rings is 1. The molecule has 2 aromatic rings. The lowest BCUT2D eigenvalue weighted by Gasteiger charge is -2.02. The van der Waals surface area contributed by atoms with Gasteiger partial charge in [0.2, 0.25) is 0 Å². The van der Waals surface area contributed by atoms with Crippen LogP contribution in [0.5, 0.6) is 0 Å². The van der Waals surface area contributed by atoms with Gasteiger partial charge in [0.05, 0.1) is 11.6 Å². The van der Waals surface area contributed by atoms with Crippen LogP contribution in [0.2, 0.25) is 5.15 Å². The molecule has 0 N–H and O–H groups in total. The maximum absolute atomic E-state index is 6.19. The number of hydrogen-bond donors (Lipinski definition) is 0. The van der Waals surface area contributed by atoms with E-state index in [4.69, 9.17) is 23.2 Å². The molecule has 0 aliphatic carbocycles. The zero-order valence-electron chi connectivity index (χ0n) is 9.04. The molecule has 16 heavy (non-hydrogen) atoms. The Balaban J connectivity index is 2.56. The normalized spacial score (nSPS) is 10.8. The fourth-order valence-electron chi connectivity index (χ4n) is 1.47. The van der Waals surface area contributed by atoms with Crippen molar-refractivity contribution in [2.45, 2.75) is 19.7 Å². The fraction of sp³-hybridized carbons (Fsp3) is 0.273. The number of aromatic nitrogens is 3. The second kappa shape index (κ2) is 4.44. The summed E-state index contributed by atoms with van der Waals surface area (Å²) in [6, 6.07) is 3.85. The summed E-state index contributed by atoms with van der Waals surface area (Å²) >= 11 is 12.0. The molecule has 2 aromatic heterocycles. The lowest BCUT2D eigenvalue weighted by atomic mass is 10.3. The Labute approximate surface area is 104 Å². The summed E-state index contributed by atoms with van der Waals surface area (Å²) in [5, 5.41) is 4.86. The highest BCUT2D eigenvalue weighted by atomic mass is 35.5. The maximum Gasteiger partial charge on any atom is 0.155 e. The Bertz CT molecular complexity index is 520. The van der Waals surface area contributed by atoms with Crippen molar-refractivity contribution in [1.29, 1.82) is 0 Å². The van der Waals surface area contributed by atoms with E-state index in [1.54, 1.807) is 10.9 Å². The van der Waals surface area contributed by atoms with Gasteiger partial charge in [-0.15, -0.1) is 11.6 Å². The van der Waals surface area contributed by atoms with E-state index in [1.165, 1.54) is 0 Å². The van der Waals surface area contributed by atoms with Crippen molar-refractivity contribution in [2.75, 3.05) is 0 Å². The molecule has 0 aliphatic rings. The maximum atomic E-state index is 6.19. The van der Waals surface area contributed by atoms with E-state index in [0.29, 0.717) is 16.9 Å². The van der Waals surface area contributed by atoms with Crippen LogP contribution in [-0.4, -0.2) is 14.8 Å². The Hall–Kier alpha value is -1.06. The van der Waals surface area contributed by atoms with Gasteiger partial charge in [0.1, 0.15) is 5.15 Å². The minimum atomic E-state index is 0.358. The number of hydrogen-bond acceptors (Lipinski definition) is 2. The number of halogens is 2. The van der Waals surface area contributed by atoms with Crippen LogP contribution in [0.3, 0.4) is 0 Å². The molecule has 3 nitrogen and oxygen atoms in total. The largest absolute Gasteiger partial charge is 0.237 e. The lowest BCUT2D eigenvalue weighted by molar-refractivity contribution is 0.831. The summed E-state index contributed by atoms with van der Waals surface area (Å²) in [5.74, 6) is 1.07. The average Bonchev–Trinajstić information content (AvgIpc) is 2.54. The molecule has 0 saturated carbocycles. The molecular formula is C11H11Cl2N3. The molecule has 0 amide bonds. The first-order chi connectivity index (χ1) is 7.63. The standard InChI is InChI=1S/C11H11Cl2N3/c1-7-3-4-14-10(5-7)16-11(13)9(6-12)8(2)15-16/h3-5H,6H2,1-2H3. The van der Waals surface area contributed by atoms with Gasteiger partial charge in [-0.2, -0.15) is 5.10 Å². The van der Waals surface area contributed by atoms with E-state index in [-0.39, 0.29) is 0 Å². The minimum Gasteiger partial charge on any atom is -0.237 e. The first-order valence-electron chi connectivity index (χ1n) is 4.86. The second-order valence-electron chi connectivity index (χ2n) is 3.59. The first-order valence-corrected chi connectivity index (χ1v) is 5.77. The molecule has 0 radical (unpaired) electrons. The van der Waals surface area contributed by atoms with Crippen LogP contribution in [0.25, 0.3) is 5.82 Å². The molecule has 0 saturated heterocycles.